The summed E-state index contributed by atoms with van der Waals surface area (Å²) in [5.74, 6) is 0.397. The van der Waals surface area contributed by atoms with E-state index in [4.69, 9.17) is 5.11 Å². The number of nitrogens with zero attached hydrogens (tertiary/aromatic N) is 3. The highest BCUT2D eigenvalue weighted by molar-refractivity contribution is 5.85. The van der Waals surface area contributed by atoms with Crippen molar-refractivity contribution in [2.24, 2.45) is 11.8 Å². The molecule has 154 valence electrons. The molecule has 0 unspecified atom stereocenters. The van der Waals surface area contributed by atoms with E-state index in [-0.39, 0.29) is 11.2 Å². The van der Waals surface area contributed by atoms with Gasteiger partial charge < -0.3 is 10.1 Å². The lowest BCUT2D eigenvalue weighted by Gasteiger charge is -2.10. The largest absolute Gasteiger partial charge is 0.478 e. The zero-order valence-electron chi connectivity index (χ0n) is 16.4. The summed E-state index contributed by atoms with van der Waals surface area (Å²) in [6, 6.07) is 7.19. The molecule has 0 bridgehead atoms. The average molecular weight is 406 g/mol. The summed E-state index contributed by atoms with van der Waals surface area (Å²) in [7, 11) is 0. The van der Waals surface area contributed by atoms with Gasteiger partial charge in [0.1, 0.15) is 11.5 Å². The monoisotopic (exact) mass is 406 g/mol. The molecule has 3 aromatic rings. The fourth-order valence-electron chi connectivity index (χ4n) is 3.67. The van der Waals surface area contributed by atoms with Crippen molar-refractivity contribution >= 4 is 23.2 Å². The molecule has 0 spiro atoms. The summed E-state index contributed by atoms with van der Waals surface area (Å²) in [6.07, 6.45) is 6.90. The predicted octanol–water partition coefficient (Wildman–Crippen LogP) is 2.47. The van der Waals surface area contributed by atoms with Gasteiger partial charge in [0.2, 0.25) is 0 Å². The number of aliphatic carboxylic acids is 1. The Morgan fingerprint density at radius 3 is 2.30 bits per heavy atom. The maximum absolute atomic E-state index is 13.1. The van der Waals surface area contributed by atoms with Gasteiger partial charge in [-0.25, -0.2) is 14.6 Å². The topological polar surface area (TPSA) is 110 Å². The minimum atomic E-state index is -1.01. The van der Waals surface area contributed by atoms with E-state index in [0.29, 0.717) is 41.9 Å². The fourth-order valence-corrected chi connectivity index (χ4v) is 3.67. The Balaban J connectivity index is 1.58. The van der Waals surface area contributed by atoms with Gasteiger partial charge in [0, 0.05) is 24.7 Å². The first kappa shape index (κ1) is 18.6. The number of fused-ring (bicyclic) bond motifs is 1. The fraction of sp³-hybridized carbons (Fsp3) is 0.364. The Morgan fingerprint density at radius 1 is 1.07 bits per heavy atom. The van der Waals surface area contributed by atoms with Gasteiger partial charge in [-0.05, 0) is 49.2 Å². The Labute approximate surface area is 171 Å². The summed E-state index contributed by atoms with van der Waals surface area (Å²) >= 11 is 0. The number of carbonyl (C=O) groups is 1. The summed E-state index contributed by atoms with van der Waals surface area (Å²) in [5.41, 5.74) is 1.69. The number of imidazole rings is 1. The second kappa shape index (κ2) is 7.12. The normalized spacial score (nSPS) is 16.5. The van der Waals surface area contributed by atoms with Crippen LogP contribution in [0.5, 0.6) is 0 Å². The molecule has 0 atom stereocenters. The SMILES string of the molecule is O=C(O)/C=C/c1ccc(-c2nc3c(=O)n(CC4CC4)c(=O)n(CC4CC4)c3[nH]2)cc1. The molecule has 2 saturated carbocycles. The Hall–Kier alpha value is -3.42. The van der Waals surface area contributed by atoms with Gasteiger partial charge in [-0.3, -0.25) is 13.9 Å². The van der Waals surface area contributed by atoms with Crippen LogP contribution in [0.3, 0.4) is 0 Å². The Bertz CT molecular complexity index is 1270. The first-order chi connectivity index (χ1) is 14.5. The Morgan fingerprint density at radius 2 is 1.70 bits per heavy atom. The molecule has 8 heteroatoms. The first-order valence-corrected chi connectivity index (χ1v) is 10.2. The Kier molecular flexibility index (Phi) is 4.42. The second-order valence-corrected chi connectivity index (χ2v) is 8.27. The van der Waals surface area contributed by atoms with Gasteiger partial charge >= 0.3 is 11.7 Å². The summed E-state index contributed by atoms with van der Waals surface area (Å²) < 4.78 is 3.03. The van der Waals surface area contributed by atoms with E-state index in [1.165, 1.54) is 10.6 Å². The third kappa shape index (κ3) is 3.60. The van der Waals surface area contributed by atoms with E-state index in [1.54, 1.807) is 16.7 Å². The smallest absolute Gasteiger partial charge is 0.332 e. The molecule has 2 heterocycles. The first-order valence-electron chi connectivity index (χ1n) is 10.2. The van der Waals surface area contributed by atoms with Gasteiger partial charge in [-0.2, -0.15) is 0 Å². The van der Waals surface area contributed by atoms with Crippen molar-refractivity contribution in [3.63, 3.8) is 0 Å². The van der Waals surface area contributed by atoms with Crippen molar-refractivity contribution in [3.8, 4) is 11.4 Å². The standard InChI is InChI=1S/C22H22N4O4/c27-17(28)10-7-13-5-8-16(9-6-13)19-23-18-20(24-19)25(11-14-1-2-14)22(30)26(21(18)29)12-15-3-4-15/h5-10,14-15H,1-4,11-12H2,(H,23,24)(H,27,28)/b10-7+. The van der Waals surface area contributed by atoms with E-state index in [2.05, 4.69) is 9.97 Å². The third-order valence-electron chi connectivity index (χ3n) is 5.74. The number of H-pyrrole nitrogens is 1. The van der Waals surface area contributed by atoms with Crippen LogP contribution in [0.25, 0.3) is 28.6 Å². The zero-order valence-corrected chi connectivity index (χ0v) is 16.4. The van der Waals surface area contributed by atoms with Crippen LogP contribution in [-0.2, 0) is 17.9 Å². The molecule has 0 aliphatic heterocycles. The van der Waals surface area contributed by atoms with Crippen LogP contribution in [0.2, 0.25) is 0 Å². The van der Waals surface area contributed by atoms with Crippen LogP contribution >= 0.6 is 0 Å². The van der Waals surface area contributed by atoms with E-state index in [1.807, 2.05) is 12.1 Å². The van der Waals surface area contributed by atoms with Crippen molar-refractivity contribution in [2.45, 2.75) is 38.8 Å². The molecular weight excluding hydrogens is 384 g/mol. The van der Waals surface area contributed by atoms with E-state index in [9.17, 15) is 14.4 Å². The lowest BCUT2D eigenvalue weighted by molar-refractivity contribution is -0.131. The van der Waals surface area contributed by atoms with Gasteiger partial charge in [-0.1, -0.05) is 24.3 Å². The lowest BCUT2D eigenvalue weighted by atomic mass is 10.1. The van der Waals surface area contributed by atoms with Crippen molar-refractivity contribution in [1.29, 1.82) is 0 Å². The summed E-state index contributed by atoms with van der Waals surface area (Å²) in [5, 5.41) is 8.75. The average Bonchev–Trinajstić information content (AvgIpc) is 3.66. The zero-order chi connectivity index (χ0) is 20.8. The quantitative estimate of drug-likeness (QED) is 0.586. The molecule has 2 fully saturated rings. The summed E-state index contributed by atoms with van der Waals surface area (Å²) in [4.78, 5) is 44.5. The molecule has 30 heavy (non-hydrogen) atoms. The highest BCUT2D eigenvalue weighted by atomic mass is 16.4. The number of nitrogens with one attached hydrogen (secondary N) is 1. The molecule has 2 N–H and O–H groups in total. The number of hydrogen-bond acceptors (Lipinski definition) is 4. The van der Waals surface area contributed by atoms with Crippen LogP contribution in [0.15, 0.2) is 39.9 Å². The van der Waals surface area contributed by atoms with Crippen molar-refractivity contribution in [2.75, 3.05) is 0 Å². The molecule has 0 radical (unpaired) electrons. The molecule has 5 rings (SSSR count). The lowest BCUT2D eigenvalue weighted by Crippen LogP contribution is -2.41. The number of carboxylic acid groups (broad SMARTS) is 1. The molecule has 2 aliphatic carbocycles. The molecule has 0 amide bonds. The van der Waals surface area contributed by atoms with Crippen molar-refractivity contribution < 1.29 is 9.90 Å². The van der Waals surface area contributed by atoms with Crippen LogP contribution in [0, 0.1) is 11.8 Å². The number of rotatable bonds is 7. The maximum Gasteiger partial charge on any atom is 0.332 e. The van der Waals surface area contributed by atoms with Crippen LogP contribution in [-0.4, -0.2) is 30.2 Å². The second-order valence-electron chi connectivity index (χ2n) is 8.27. The molecule has 1 aromatic carbocycles. The number of aromatic amines is 1. The van der Waals surface area contributed by atoms with Crippen molar-refractivity contribution in [1.82, 2.24) is 19.1 Å². The third-order valence-corrected chi connectivity index (χ3v) is 5.74. The van der Waals surface area contributed by atoms with Gasteiger partial charge in [-0.15, -0.1) is 0 Å². The van der Waals surface area contributed by atoms with Crippen LogP contribution in [0.1, 0.15) is 31.2 Å². The van der Waals surface area contributed by atoms with Crippen LogP contribution in [0.4, 0.5) is 0 Å². The summed E-state index contributed by atoms with van der Waals surface area (Å²) in [6.45, 7) is 1.06. The predicted molar refractivity (Wildman–Crippen MR) is 112 cm³/mol. The van der Waals surface area contributed by atoms with E-state index in [0.717, 1.165) is 42.9 Å². The molecule has 8 nitrogen and oxygen atoms in total. The number of aromatic nitrogens is 4. The van der Waals surface area contributed by atoms with Crippen molar-refractivity contribution in [3.05, 3.63) is 56.7 Å². The molecule has 2 aromatic heterocycles. The van der Waals surface area contributed by atoms with Crippen LogP contribution < -0.4 is 11.2 Å². The highest BCUT2D eigenvalue weighted by Gasteiger charge is 2.28. The molecule has 0 saturated heterocycles. The number of benzene rings is 1. The van der Waals surface area contributed by atoms with Gasteiger partial charge in [0.15, 0.2) is 5.52 Å². The highest BCUT2D eigenvalue weighted by Crippen LogP contribution is 2.32. The number of hydrogen-bond donors (Lipinski definition) is 2. The molecular formula is C22H22N4O4. The maximum atomic E-state index is 13.1. The minimum absolute atomic E-state index is 0.254. The van der Waals surface area contributed by atoms with E-state index < -0.39 is 5.97 Å². The van der Waals surface area contributed by atoms with E-state index >= 15 is 0 Å². The van der Waals surface area contributed by atoms with Gasteiger partial charge in [0.25, 0.3) is 5.56 Å². The molecule has 2 aliphatic rings. The number of carboxylic acids is 1. The minimum Gasteiger partial charge on any atom is -0.478 e. The van der Waals surface area contributed by atoms with Gasteiger partial charge in [0.05, 0.1) is 0 Å².